The van der Waals surface area contributed by atoms with E-state index in [1.165, 1.54) is 0 Å². The van der Waals surface area contributed by atoms with E-state index >= 15 is 0 Å². The summed E-state index contributed by atoms with van der Waals surface area (Å²) in [5, 5.41) is 0. The molecule has 2 aliphatic carbocycles. The van der Waals surface area contributed by atoms with Crippen LogP contribution in [0.5, 0.6) is 0 Å². The van der Waals surface area contributed by atoms with Gasteiger partial charge in [-0.25, -0.2) is 17.6 Å². The van der Waals surface area contributed by atoms with Crippen LogP contribution < -0.4 is 0 Å². The molecule has 1 saturated heterocycles. The molecule has 6 unspecified atom stereocenters. The normalized spacial score (nSPS) is 52.1. The van der Waals surface area contributed by atoms with Crippen LogP contribution in [-0.4, -0.2) is 44.1 Å². The Morgan fingerprint density at radius 2 is 1.36 bits per heavy atom. The standard InChI is InChI=1S/C19H29F5O/c1-10-2-3-18(25-9-10)11-4-16(23)19(17(24)5-11)12-6-14(21)13(8-20)15(22)7-12/h10-19H,2-9H2,1H3. The van der Waals surface area contributed by atoms with Crippen molar-refractivity contribution in [3.8, 4) is 0 Å². The highest BCUT2D eigenvalue weighted by atomic mass is 19.2. The van der Waals surface area contributed by atoms with Crippen molar-refractivity contribution in [2.24, 2.45) is 29.6 Å². The van der Waals surface area contributed by atoms with Gasteiger partial charge in [0.05, 0.1) is 12.8 Å². The smallest absolute Gasteiger partial charge is 0.108 e. The highest BCUT2D eigenvalue weighted by Gasteiger charge is 2.49. The fourth-order valence-electron chi connectivity index (χ4n) is 5.14. The van der Waals surface area contributed by atoms with Crippen molar-refractivity contribution in [3.63, 3.8) is 0 Å². The van der Waals surface area contributed by atoms with Crippen LogP contribution >= 0.6 is 0 Å². The lowest BCUT2D eigenvalue weighted by Gasteiger charge is -2.45. The zero-order valence-corrected chi connectivity index (χ0v) is 14.7. The molecular weight excluding hydrogens is 339 g/mol. The molecule has 6 atom stereocenters. The van der Waals surface area contributed by atoms with E-state index < -0.39 is 49.1 Å². The fourth-order valence-corrected chi connectivity index (χ4v) is 5.14. The SMILES string of the molecule is CC1CCC(C2CC(F)C(C3CC(F)C(CF)C(F)C3)C(F)C2)OC1. The zero-order chi connectivity index (χ0) is 18.1. The Labute approximate surface area is 146 Å². The van der Waals surface area contributed by atoms with Crippen molar-refractivity contribution < 1.29 is 26.7 Å². The summed E-state index contributed by atoms with van der Waals surface area (Å²) in [6.07, 6.45) is -4.31. The van der Waals surface area contributed by atoms with Crippen LogP contribution in [0.1, 0.15) is 45.4 Å². The molecule has 0 radical (unpaired) electrons. The minimum Gasteiger partial charge on any atom is -0.378 e. The molecule has 146 valence electrons. The largest absolute Gasteiger partial charge is 0.378 e. The van der Waals surface area contributed by atoms with Gasteiger partial charge in [0.2, 0.25) is 0 Å². The van der Waals surface area contributed by atoms with Crippen LogP contribution in [-0.2, 0) is 4.74 Å². The number of alkyl halides is 5. The number of hydrogen-bond acceptors (Lipinski definition) is 1. The van der Waals surface area contributed by atoms with Gasteiger partial charge < -0.3 is 4.74 Å². The van der Waals surface area contributed by atoms with Crippen LogP contribution in [0.4, 0.5) is 22.0 Å². The van der Waals surface area contributed by atoms with Crippen LogP contribution in [0.25, 0.3) is 0 Å². The Hall–Kier alpha value is -0.390. The van der Waals surface area contributed by atoms with E-state index in [2.05, 4.69) is 6.92 Å². The second-order valence-electron chi connectivity index (χ2n) is 8.48. The lowest BCUT2D eigenvalue weighted by molar-refractivity contribution is -0.0960. The van der Waals surface area contributed by atoms with Crippen LogP contribution in [0.15, 0.2) is 0 Å². The van der Waals surface area contributed by atoms with E-state index in [0.717, 1.165) is 12.8 Å². The van der Waals surface area contributed by atoms with E-state index in [0.29, 0.717) is 12.5 Å². The predicted molar refractivity (Wildman–Crippen MR) is 86.1 cm³/mol. The van der Waals surface area contributed by atoms with Crippen molar-refractivity contribution >= 4 is 0 Å². The second kappa shape index (κ2) is 8.10. The molecule has 1 nitrogen and oxygen atoms in total. The van der Waals surface area contributed by atoms with Gasteiger partial charge in [-0.1, -0.05) is 6.92 Å². The molecule has 3 rings (SSSR count). The quantitative estimate of drug-likeness (QED) is 0.624. The maximum atomic E-state index is 14.8. The highest BCUT2D eigenvalue weighted by molar-refractivity contribution is 4.97. The molecule has 0 aromatic heterocycles. The van der Waals surface area contributed by atoms with Gasteiger partial charge in [0.15, 0.2) is 0 Å². The van der Waals surface area contributed by atoms with Gasteiger partial charge in [0, 0.05) is 18.4 Å². The maximum absolute atomic E-state index is 14.8. The molecular formula is C19H29F5O. The average Bonchev–Trinajstić information content (AvgIpc) is 2.54. The topological polar surface area (TPSA) is 9.23 Å². The van der Waals surface area contributed by atoms with E-state index in [1.54, 1.807) is 0 Å². The van der Waals surface area contributed by atoms with Crippen LogP contribution in [0, 0.1) is 29.6 Å². The van der Waals surface area contributed by atoms with E-state index in [1.807, 2.05) is 0 Å². The summed E-state index contributed by atoms with van der Waals surface area (Å²) in [7, 11) is 0. The fraction of sp³-hybridized carbons (Fsp3) is 1.00. The lowest BCUT2D eigenvalue weighted by Crippen LogP contribution is -2.48. The molecule has 2 saturated carbocycles. The Morgan fingerprint density at radius 1 is 0.800 bits per heavy atom. The first kappa shape index (κ1) is 19.4. The molecule has 6 heteroatoms. The summed E-state index contributed by atoms with van der Waals surface area (Å²) in [6, 6.07) is 0. The minimum atomic E-state index is -1.65. The van der Waals surface area contributed by atoms with Crippen LogP contribution in [0.3, 0.4) is 0 Å². The first-order valence-corrected chi connectivity index (χ1v) is 9.64. The maximum Gasteiger partial charge on any atom is 0.108 e. The number of rotatable bonds is 3. The average molecular weight is 368 g/mol. The summed E-state index contributed by atoms with van der Waals surface area (Å²) in [4.78, 5) is 0. The molecule has 3 aliphatic rings. The predicted octanol–water partition coefficient (Wildman–Crippen LogP) is 5.18. The third kappa shape index (κ3) is 4.14. The number of halogens is 5. The minimum absolute atomic E-state index is 0.112. The molecule has 0 spiro atoms. The van der Waals surface area contributed by atoms with E-state index in [9.17, 15) is 22.0 Å². The van der Waals surface area contributed by atoms with Crippen molar-refractivity contribution in [2.75, 3.05) is 13.3 Å². The molecule has 25 heavy (non-hydrogen) atoms. The highest BCUT2D eigenvalue weighted by Crippen LogP contribution is 2.47. The summed E-state index contributed by atoms with van der Waals surface area (Å²) in [5.41, 5.74) is 0. The van der Waals surface area contributed by atoms with Crippen LogP contribution in [0.2, 0.25) is 0 Å². The van der Waals surface area contributed by atoms with Crippen molar-refractivity contribution in [2.45, 2.75) is 76.2 Å². The molecule has 0 bridgehead atoms. The van der Waals surface area contributed by atoms with Gasteiger partial charge in [-0.15, -0.1) is 0 Å². The molecule has 0 aromatic carbocycles. The first-order valence-electron chi connectivity index (χ1n) is 9.64. The Balaban J connectivity index is 1.61. The molecule has 3 fully saturated rings. The lowest BCUT2D eigenvalue weighted by atomic mass is 9.65. The van der Waals surface area contributed by atoms with E-state index in [4.69, 9.17) is 4.74 Å². The summed E-state index contributed by atoms with van der Waals surface area (Å²) in [5.74, 6) is -2.63. The Kier molecular flexibility index (Phi) is 6.27. The monoisotopic (exact) mass is 368 g/mol. The van der Waals surface area contributed by atoms with Gasteiger partial charge in [-0.3, -0.25) is 4.39 Å². The van der Waals surface area contributed by atoms with Gasteiger partial charge >= 0.3 is 0 Å². The molecule has 1 heterocycles. The molecule has 0 N–H and O–H groups in total. The van der Waals surface area contributed by atoms with Crippen molar-refractivity contribution in [1.82, 2.24) is 0 Å². The van der Waals surface area contributed by atoms with Gasteiger partial charge in [0.25, 0.3) is 0 Å². The van der Waals surface area contributed by atoms with E-state index in [-0.39, 0.29) is 37.7 Å². The van der Waals surface area contributed by atoms with Gasteiger partial charge in [0.1, 0.15) is 24.7 Å². The molecule has 0 aromatic rings. The summed E-state index contributed by atoms with van der Waals surface area (Å²) in [6.45, 7) is 1.66. The summed E-state index contributed by atoms with van der Waals surface area (Å²) >= 11 is 0. The van der Waals surface area contributed by atoms with Crippen molar-refractivity contribution in [1.29, 1.82) is 0 Å². The Bertz CT molecular complexity index is 404. The number of hydrogen-bond donors (Lipinski definition) is 0. The third-order valence-corrected chi connectivity index (χ3v) is 6.66. The third-order valence-electron chi connectivity index (χ3n) is 6.66. The Morgan fingerprint density at radius 3 is 1.84 bits per heavy atom. The van der Waals surface area contributed by atoms with Gasteiger partial charge in [-0.2, -0.15) is 0 Å². The molecule has 1 aliphatic heterocycles. The van der Waals surface area contributed by atoms with Crippen molar-refractivity contribution in [3.05, 3.63) is 0 Å². The zero-order valence-electron chi connectivity index (χ0n) is 14.7. The van der Waals surface area contributed by atoms with Gasteiger partial charge in [-0.05, 0) is 56.3 Å². The summed E-state index contributed by atoms with van der Waals surface area (Å²) < 4.78 is 76.1. The second-order valence-corrected chi connectivity index (χ2v) is 8.48. The first-order chi connectivity index (χ1) is 11.9. The number of ether oxygens (including phenoxy) is 1. The molecule has 0 amide bonds.